The zero-order chi connectivity index (χ0) is 17.1. The van der Waals surface area contributed by atoms with Crippen molar-refractivity contribution < 1.29 is 24.2 Å². The molecule has 2 unspecified atom stereocenters. The number of carbonyl (C=O) groups is 2. The molecule has 0 aromatic rings. The van der Waals surface area contributed by atoms with E-state index < -0.39 is 23.4 Å². The van der Waals surface area contributed by atoms with E-state index in [0.717, 1.165) is 4.90 Å². The fourth-order valence-corrected chi connectivity index (χ4v) is 2.24. The molecule has 0 radical (unpaired) electrons. The Morgan fingerprint density at radius 2 is 2.00 bits per heavy atom. The molecule has 1 heterocycles. The van der Waals surface area contributed by atoms with Crippen LogP contribution in [0.2, 0.25) is 0 Å². The standard InChI is InChI=1S/C16H29NO5/c1-11(7-8-16(5,6)20)12-13(18)17(9-10-21-12)14(19)22-15(2,3)4/h11-12,20H,7-10H2,1-6H3. The highest BCUT2D eigenvalue weighted by molar-refractivity contribution is 5.95. The highest BCUT2D eigenvalue weighted by atomic mass is 16.6. The van der Waals surface area contributed by atoms with Crippen LogP contribution in [0.5, 0.6) is 0 Å². The SMILES string of the molecule is CC(CCC(C)(C)O)C1OCCN(C(=O)OC(C)(C)C)C1=O. The molecule has 22 heavy (non-hydrogen) atoms. The van der Waals surface area contributed by atoms with Crippen LogP contribution in [-0.4, -0.2) is 52.5 Å². The Hall–Kier alpha value is -1.14. The van der Waals surface area contributed by atoms with E-state index in [0.29, 0.717) is 19.4 Å². The molecule has 0 saturated carbocycles. The quantitative estimate of drug-likeness (QED) is 0.861. The van der Waals surface area contributed by atoms with Crippen LogP contribution in [0.3, 0.4) is 0 Å². The molecule has 6 nitrogen and oxygen atoms in total. The maximum Gasteiger partial charge on any atom is 0.417 e. The number of amides is 2. The highest BCUT2D eigenvalue weighted by Crippen LogP contribution is 2.24. The predicted octanol–water partition coefficient (Wildman–Crippen LogP) is 2.34. The Morgan fingerprint density at radius 3 is 2.50 bits per heavy atom. The van der Waals surface area contributed by atoms with Gasteiger partial charge >= 0.3 is 6.09 Å². The molecular weight excluding hydrogens is 286 g/mol. The van der Waals surface area contributed by atoms with E-state index in [1.165, 1.54) is 0 Å². The van der Waals surface area contributed by atoms with Crippen molar-refractivity contribution in [2.45, 2.75) is 71.7 Å². The summed E-state index contributed by atoms with van der Waals surface area (Å²) >= 11 is 0. The number of ether oxygens (including phenoxy) is 2. The molecule has 0 aliphatic carbocycles. The first-order valence-electron chi connectivity index (χ1n) is 7.79. The van der Waals surface area contributed by atoms with Crippen molar-refractivity contribution in [1.29, 1.82) is 0 Å². The van der Waals surface area contributed by atoms with E-state index in [1.807, 2.05) is 6.92 Å². The average molecular weight is 315 g/mol. The van der Waals surface area contributed by atoms with Gasteiger partial charge in [0.15, 0.2) is 0 Å². The summed E-state index contributed by atoms with van der Waals surface area (Å²) in [5.74, 6) is -0.437. The zero-order valence-corrected chi connectivity index (χ0v) is 14.5. The number of nitrogens with zero attached hydrogens (tertiary/aromatic N) is 1. The first-order chi connectivity index (χ1) is 9.91. The summed E-state index contributed by atoms with van der Waals surface area (Å²) in [4.78, 5) is 25.7. The summed E-state index contributed by atoms with van der Waals surface area (Å²) in [5.41, 5.74) is -1.42. The summed E-state index contributed by atoms with van der Waals surface area (Å²) in [6, 6.07) is 0. The maximum absolute atomic E-state index is 12.5. The highest BCUT2D eigenvalue weighted by Gasteiger charge is 2.38. The lowest BCUT2D eigenvalue weighted by atomic mass is 9.91. The summed E-state index contributed by atoms with van der Waals surface area (Å²) in [6.07, 6.45) is -0.0837. The minimum Gasteiger partial charge on any atom is -0.443 e. The van der Waals surface area contributed by atoms with Crippen LogP contribution >= 0.6 is 0 Å². The first kappa shape index (κ1) is 18.9. The largest absolute Gasteiger partial charge is 0.443 e. The van der Waals surface area contributed by atoms with Crippen molar-refractivity contribution in [1.82, 2.24) is 4.90 Å². The molecule has 128 valence electrons. The molecule has 0 spiro atoms. The van der Waals surface area contributed by atoms with Gasteiger partial charge in [-0.1, -0.05) is 6.92 Å². The van der Waals surface area contributed by atoms with Gasteiger partial charge in [-0.05, 0) is 53.4 Å². The smallest absolute Gasteiger partial charge is 0.417 e. The van der Waals surface area contributed by atoms with E-state index in [-0.39, 0.29) is 18.4 Å². The molecule has 1 aliphatic heterocycles. The van der Waals surface area contributed by atoms with Gasteiger partial charge in [-0.2, -0.15) is 0 Å². The number of imide groups is 1. The van der Waals surface area contributed by atoms with Crippen molar-refractivity contribution in [3.63, 3.8) is 0 Å². The van der Waals surface area contributed by atoms with Crippen LogP contribution in [-0.2, 0) is 14.3 Å². The van der Waals surface area contributed by atoms with Crippen molar-refractivity contribution in [2.75, 3.05) is 13.2 Å². The molecule has 1 rings (SSSR count). The second-order valence-electron chi connectivity index (χ2n) is 7.59. The molecule has 2 atom stereocenters. The average Bonchev–Trinajstić information content (AvgIpc) is 2.33. The minimum atomic E-state index is -0.781. The lowest BCUT2D eigenvalue weighted by molar-refractivity contribution is -0.156. The Balaban J connectivity index is 2.67. The lowest BCUT2D eigenvalue weighted by Gasteiger charge is -2.35. The number of aliphatic hydroxyl groups is 1. The molecule has 0 aromatic heterocycles. The van der Waals surface area contributed by atoms with Crippen molar-refractivity contribution in [2.24, 2.45) is 5.92 Å². The van der Waals surface area contributed by atoms with Gasteiger partial charge in [0.1, 0.15) is 11.7 Å². The molecule has 2 amide bonds. The summed E-state index contributed by atoms with van der Waals surface area (Å²) in [7, 11) is 0. The third kappa shape index (κ3) is 5.93. The molecule has 1 fully saturated rings. The fraction of sp³-hybridized carbons (Fsp3) is 0.875. The van der Waals surface area contributed by atoms with Gasteiger partial charge < -0.3 is 14.6 Å². The van der Waals surface area contributed by atoms with Crippen molar-refractivity contribution >= 4 is 12.0 Å². The Bertz CT molecular complexity index is 408. The van der Waals surface area contributed by atoms with Gasteiger partial charge in [0.25, 0.3) is 5.91 Å². The molecule has 1 N–H and O–H groups in total. The monoisotopic (exact) mass is 315 g/mol. The Labute approximate surface area is 132 Å². The van der Waals surface area contributed by atoms with Crippen LogP contribution in [0, 0.1) is 5.92 Å². The number of hydrogen-bond acceptors (Lipinski definition) is 5. The van der Waals surface area contributed by atoms with Crippen molar-refractivity contribution in [3.8, 4) is 0 Å². The van der Waals surface area contributed by atoms with Crippen LogP contribution in [0.4, 0.5) is 4.79 Å². The van der Waals surface area contributed by atoms with E-state index in [1.54, 1.807) is 34.6 Å². The Kier molecular flexibility index (Phi) is 5.98. The van der Waals surface area contributed by atoms with Crippen molar-refractivity contribution in [3.05, 3.63) is 0 Å². The summed E-state index contributed by atoms with van der Waals surface area (Å²) in [6.45, 7) is 11.2. The van der Waals surface area contributed by atoms with Gasteiger partial charge in [-0.15, -0.1) is 0 Å². The van der Waals surface area contributed by atoms with Crippen LogP contribution in [0.1, 0.15) is 54.4 Å². The molecular formula is C16H29NO5. The molecule has 0 aromatic carbocycles. The fourth-order valence-electron chi connectivity index (χ4n) is 2.24. The van der Waals surface area contributed by atoms with Gasteiger partial charge in [-0.25, -0.2) is 9.69 Å². The number of rotatable bonds is 4. The van der Waals surface area contributed by atoms with E-state index in [2.05, 4.69) is 0 Å². The molecule has 1 aliphatic rings. The lowest BCUT2D eigenvalue weighted by Crippen LogP contribution is -2.53. The second-order valence-corrected chi connectivity index (χ2v) is 7.59. The molecule has 6 heteroatoms. The van der Waals surface area contributed by atoms with Gasteiger partial charge in [0.2, 0.25) is 0 Å². The molecule has 0 bridgehead atoms. The van der Waals surface area contributed by atoms with E-state index >= 15 is 0 Å². The van der Waals surface area contributed by atoms with Crippen LogP contribution < -0.4 is 0 Å². The molecule has 1 saturated heterocycles. The number of morpholine rings is 1. The summed E-state index contributed by atoms with van der Waals surface area (Å²) in [5, 5.41) is 9.79. The minimum absolute atomic E-state index is 0.0795. The van der Waals surface area contributed by atoms with Crippen LogP contribution in [0.25, 0.3) is 0 Å². The third-order valence-corrected chi connectivity index (χ3v) is 3.46. The van der Waals surface area contributed by atoms with Gasteiger partial charge in [-0.3, -0.25) is 4.79 Å². The summed E-state index contributed by atoms with van der Waals surface area (Å²) < 4.78 is 10.8. The number of carbonyl (C=O) groups excluding carboxylic acids is 2. The third-order valence-electron chi connectivity index (χ3n) is 3.46. The Morgan fingerprint density at radius 1 is 1.41 bits per heavy atom. The number of hydrogen-bond donors (Lipinski definition) is 1. The predicted molar refractivity (Wildman–Crippen MR) is 82.4 cm³/mol. The zero-order valence-electron chi connectivity index (χ0n) is 14.5. The van der Waals surface area contributed by atoms with E-state index in [4.69, 9.17) is 9.47 Å². The topological polar surface area (TPSA) is 76.1 Å². The van der Waals surface area contributed by atoms with E-state index in [9.17, 15) is 14.7 Å². The van der Waals surface area contributed by atoms with Crippen LogP contribution in [0.15, 0.2) is 0 Å². The van der Waals surface area contributed by atoms with Gasteiger partial charge in [0.05, 0.1) is 18.8 Å². The normalized spacial score (nSPS) is 21.7. The first-order valence-corrected chi connectivity index (χ1v) is 7.79. The second kappa shape index (κ2) is 6.96. The maximum atomic E-state index is 12.5. The van der Waals surface area contributed by atoms with Gasteiger partial charge in [0, 0.05) is 0 Å².